The van der Waals surface area contributed by atoms with Crippen molar-refractivity contribution < 1.29 is 9.21 Å². The van der Waals surface area contributed by atoms with Crippen LogP contribution in [0.1, 0.15) is 11.5 Å². The summed E-state index contributed by atoms with van der Waals surface area (Å²) in [6.45, 7) is 3.78. The lowest BCUT2D eigenvalue weighted by Gasteiger charge is -2.07. The first kappa shape index (κ1) is 19.6. The van der Waals surface area contributed by atoms with Crippen LogP contribution in [-0.4, -0.2) is 25.7 Å². The summed E-state index contributed by atoms with van der Waals surface area (Å²) in [5, 5.41) is 12.8. The number of benzene rings is 1. The molecule has 0 saturated carbocycles. The summed E-state index contributed by atoms with van der Waals surface area (Å²) in [6.07, 6.45) is 0. The third-order valence-electron chi connectivity index (χ3n) is 4.23. The van der Waals surface area contributed by atoms with E-state index in [-0.39, 0.29) is 12.5 Å². The fourth-order valence-electron chi connectivity index (χ4n) is 2.93. The number of thiazole rings is 1. The molecule has 0 atom stereocenters. The second-order valence-corrected chi connectivity index (χ2v) is 8.04. The summed E-state index contributed by atoms with van der Waals surface area (Å²) in [5.74, 6) is 1.92. The maximum Gasteiger partial charge on any atom is 0.246 e. The minimum Gasteiger partial charge on any atom is -0.466 e. The normalized spacial score (nSPS) is 11.0. The number of anilines is 1. The van der Waals surface area contributed by atoms with Gasteiger partial charge in [0, 0.05) is 21.5 Å². The Morgan fingerprint density at radius 1 is 1.34 bits per heavy atom. The number of rotatable bonds is 5. The molecule has 0 aliphatic rings. The number of halogens is 1. The number of aromatic nitrogens is 4. The van der Waals surface area contributed by atoms with E-state index in [4.69, 9.17) is 28.2 Å². The van der Waals surface area contributed by atoms with Crippen LogP contribution in [-0.2, 0) is 11.3 Å². The van der Waals surface area contributed by atoms with E-state index in [0.29, 0.717) is 20.7 Å². The van der Waals surface area contributed by atoms with Gasteiger partial charge in [0.05, 0.1) is 5.69 Å². The number of aryl methyl sites for hydroxylation is 2. The average Bonchev–Trinajstić information content (AvgIpc) is 3.36. The van der Waals surface area contributed by atoms with Crippen molar-refractivity contribution in [2.24, 2.45) is 0 Å². The molecule has 0 fully saturated rings. The molecule has 3 heterocycles. The summed E-state index contributed by atoms with van der Waals surface area (Å²) < 4.78 is 7.54. The SMILES string of the molecule is Cc1cc(-c2csc(NC(=O)Cn3c(-c4ccc(Cl)cc4)n[nH]c3=S)n2)c(C)o1. The molecule has 0 spiro atoms. The molecule has 0 saturated heterocycles. The minimum absolute atomic E-state index is 0.00600. The Morgan fingerprint density at radius 3 is 2.79 bits per heavy atom. The number of amides is 1. The van der Waals surface area contributed by atoms with E-state index in [1.165, 1.54) is 11.3 Å². The fraction of sp³-hybridized carbons (Fsp3) is 0.158. The van der Waals surface area contributed by atoms with E-state index in [1.54, 1.807) is 16.7 Å². The maximum atomic E-state index is 12.6. The topological polar surface area (TPSA) is 88.7 Å². The number of carbonyl (C=O) groups excluding carboxylic acids is 1. The van der Waals surface area contributed by atoms with Crippen LogP contribution in [0.4, 0.5) is 5.13 Å². The largest absolute Gasteiger partial charge is 0.466 e. The molecular weight excluding hydrogens is 430 g/mol. The van der Waals surface area contributed by atoms with E-state index in [0.717, 1.165) is 28.3 Å². The number of nitrogens with one attached hydrogen (secondary N) is 2. The van der Waals surface area contributed by atoms with Crippen molar-refractivity contribution in [3.63, 3.8) is 0 Å². The summed E-state index contributed by atoms with van der Waals surface area (Å²) in [5.41, 5.74) is 2.49. The highest BCUT2D eigenvalue weighted by molar-refractivity contribution is 7.71. The number of furan rings is 1. The number of carbonyl (C=O) groups is 1. The molecule has 0 aliphatic heterocycles. The molecule has 10 heteroatoms. The lowest BCUT2D eigenvalue weighted by Crippen LogP contribution is -2.19. The van der Waals surface area contributed by atoms with Gasteiger partial charge in [-0.3, -0.25) is 14.5 Å². The Balaban J connectivity index is 1.51. The predicted octanol–water partition coefficient (Wildman–Crippen LogP) is 5.23. The van der Waals surface area contributed by atoms with Crippen LogP contribution >= 0.6 is 35.2 Å². The highest BCUT2D eigenvalue weighted by atomic mass is 35.5. The van der Waals surface area contributed by atoms with Gasteiger partial charge in [-0.25, -0.2) is 4.98 Å². The van der Waals surface area contributed by atoms with Gasteiger partial charge in [0.15, 0.2) is 15.7 Å². The number of nitrogens with zero attached hydrogens (tertiary/aromatic N) is 3. The van der Waals surface area contributed by atoms with Gasteiger partial charge in [-0.2, -0.15) is 5.10 Å². The molecule has 1 amide bonds. The molecule has 4 rings (SSSR count). The Labute approximate surface area is 180 Å². The predicted molar refractivity (Wildman–Crippen MR) is 116 cm³/mol. The van der Waals surface area contributed by atoms with Crippen molar-refractivity contribution in [3.05, 3.63) is 57.0 Å². The van der Waals surface area contributed by atoms with Crippen molar-refractivity contribution >= 4 is 46.2 Å². The van der Waals surface area contributed by atoms with Crippen LogP contribution in [0.3, 0.4) is 0 Å². The van der Waals surface area contributed by atoms with Crippen LogP contribution in [0.15, 0.2) is 40.1 Å². The van der Waals surface area contributed by atoms with Gasteiger partial charge in [-0.05, 0) is 56.4 Å². The Kier molecular flexibility index (Phi) is 5.35. The molecule has 4 aromatic rings. The average molecular weight is 446 g/mol. The van der Waals surface area contributed by atoms with Gasteiger partial charge in [-0.1, -0.05) is 11.6 Å². The van der Waals surface area contributed by atoms with Crippen molar-refractivity contribution in [1.82, 2.24) is 19.7 Å². The van der Waals surface area contributed by atoms with Crippen molar-refractivity contribution in [2.75, 3.05) is 5.32 Å². The maximum absolute atomic E-state index is 12.6. The quantitative estimate of drug-likeness (QED) is 0.410. The van der Waals surface area contributed by atoms with Crippen molar-refractivity contribution in [2.45, 2.75) is 20.4 Å². The number of aromatic amines is 1. The summed E-state index contributed by atoms with van der Waals surface area (Å²) in [4.78, 5) is 17.1. The standard InChI is InChI=1S/C19H16ClN5O2S2/c1-10-7-14(11(2)27-10)15-9-29-18(21-15)22-16(26)8-25-17(23-24-19(25)28)12-3-5-13(20)6-4-12/h3-7,9H,8H2,1-2H3,(H,24,28)(H,21,22,26). The third kappa shape index (κ3) is 4.16. The third-order valence-corrected chi connectivity index (χ3v) is 5.55. The smallest absolute Gasteiger partial charge is 0.246 e. The highest BCUT2D eigenvalue weighted by Gasteiger charge is 2.15. The zero-order chi connectivity index (χ0) is 20.5. The Bertz CT molecular complexity index is 1240. The Morgan fingerprint density at radius 2 is 2.10 bits per heavy atom. The van der Waals surface area contributed by atoms with Crippen LogP contribution in [0.25, 0.3) is 22.6 Å². The molecule has 7 nitrogen and oxygen atoms in total. The highest BCUT2D eigenvalue weighted by Crippen LogP contribution is 2.29. The molecule has 1 aromatic carbocycles. The first-order valence-corrected chi connectivity index (χ1v) is 10.3. The van der Waals surface area contributed by atoms with E-state index in [9.17, 15) is 4.79 Å². The molecule has 0 bridgehead atoms. The molecule has 29 heavy (non-hydrogen) atoms. The molecule has 148 valence electrons. The number of hydrogen-bond acceptors (Lipinski definition) is 6. The summed E-state index contributed by atoms with van der Waals surface area (Å²) in [7, 11) is 0. The lowest BCUT2D eigenvalue weighted by molar-refractivity contribution is -0.116. The summed E-state index contributed by atoms with van der Waals surface area (Å²) in [6, 6.07) is 9.10. The molecule has 3 aromatic heterocycles. The fourth-order valence-corrected chi connectivity index (χ4v) is 3.98. The van der Waals surface area contributed by atoms with Gasteiger partial charge >= 0.3 is 0 Å². The molecule has 0 radical (unpaired) electrons. The Hall–Kier alpha value is -2.75. The first-order valence-electron chi connectivity index (χ1n) is 8.64. The first-order chi connectivity index (χ1) is 13.9. The monoisotopic (exact) mass is 445 g/mol. The van der Waals surface area contributed by atoms with Crippen LogP contribution in [0.2, 0.25) is 5.02 Å². The van der Waals surface area contributed by atoms with E-state index < -0.39 is 0 Å². The zero-order valence-corrected chi connectivity index (χ0v) is 17.9. The number of hydrogen-bond donors (Lipinski definition) is 2. The van der Waals surface area contributed by atoms with Crippen molar-refractivity contribution in [1.29, 1.82) is 0 Å². The van der Waals surface area contributed by atoms with Gasteiger partial charge in [-0.15, -0.1) is 11.3 Å². The van der Waals surface area contributed by atoms with Gasteiger partial charge < -0.3 is 9.73 Å². The second-order valence-electron chi connectivity index (χ2n) is 6.36. The van der Waals surface area contributed by atoms with Crippen LogP contribution < -0.4 is 5.32 Å². The van der Waals surface area contributed by atoms with Crippen molar-refractivity contribution in [3.8, 4) is 22.6 Å². The van der Waals surface area contributed by atoms with Gasteiger partial charge in [0.25, 0.3) is 0 Å². The van der Waals surface area contributed by atoms with E-state index >= 15 is 0 Å². The van der Waals surface area contributed by atoms with Crippen LogP contribution in [0, 0.1) is 18.6 Å². The van der Waals surface area contributed by atoms with E-state index in [2.05, 4.69) is 20.5 Å². The minimum atomic E-state index is -0.251. The number of H-pyrrole nitrogens is 1. The lowest BCUT2D eigenvalue weighted by atomic mass is 10.2. The molecule has 0 unspecified atom stereocenters. The van der Waals surface area contributed by atoms with Crippen LogP contribution in [0.5, 0.6) is 0 Å². The zero-order valence-electron chi connectivity index (χ0n) is 15.5. The molecule has 2 N–H and O–H groups in total. The molecular formula is C19H16ClN5O2S2. The summed E-state index contributed by atoms with van der Waals surface area (Å²) >= 11 is 12.6. The van der Waals surface area contributed by atoms with E-state index in [1.807, 2.05) is 37.4 Å². The van der Waals surface area contributed by atoms with Gasteiger partial charge in [0.2, 0.25) is 5.91 Å². The van der Waals surface area contributed by atoms with Gasteiger partial charge in [0.1, 0.15) is 18.1 Å². The second kappa shape index (κ2) is 7.94. The molecule has 0 aliphatic carbocycles.